The van der Waals surface area contributed by atoms with E-state index in [1.807, 2.05) is 13.2 Å². The van der Waals surface area contributed by atoms with Gasteiger partial charge in [0.1, 0.15) is 0 Å². The first-order chi connectivity index (χ1) is 7.24. The Kier molecular flexibility index (Phi) is 3.05. The van der Waals surface area contributed by atoms with E-state index in [1.54, 1.807) is 4.68 Å². The molecule has 1 aliphatic rings. The number of rotatable bonds is 6. The van der Waals surface area contributed by atoms with Gasteiger partial charge in [-0.05, 0) is 24.7 Å². The average molecular weight is 208 g/mol. The molecular formula is C11H20N4. The second-order valence-electron chi connectivity index (χ2n) is 4.74. The fraction of sp³-hybridized carbons (Fsp3) is 0.818. The molecule has 1 saturated carbocycles. The van der Waals surface area contributed by atoms with E-state index in [2.05, 4.69) is 22.6 Å². The Morgan fingerprint density at radius 1 is 1.53 bits per heavy atom. The van der Waals surface area contributed by atoms with E-state index in [0.29, 0.717) is 5.41 Å². The van der Waals surface area contributed by atoms with Gasteiger partial charge in [0.25, 0.3) is 0 Å². The van der Waals surface area contributed by atoms with E-state index >= 15 is 0 Å². The molecule has 0 unspecified atom stereocenters. The fourth-order valence-corrected chi connectivity index (χ4v) is 2.15. The zero-order valence-electron chi connectivity index (χ0n) is 9.66. The van der Waals surface area contributed by atoms with E-state index in [-0.39, 0.29) is 0 Å². The van der Waals surface area contributed by atoms with Crippen LogP contribution in [0.1, 0.15) is 38.3 Å². The normalized spacial score (nSPS) is 18.0. The molecule has 15 heavy (non-hydrogen) atoms. The molecule has 0 spiro atoms. The highest BCUT2D eigenvalue weighted by molar-refractivity contribution is 4.96. The summed E-state index contributed by atoms with van der Waals surface area (Å²) in [6.45, 7) is 4.25. The van der Waals surface area contributed by atoms with Crippen molar-refractivity contribution in [3.8, 4) is 0 Å². The molecular weight excluding hydrogens is 188 g/mol. The van der Waals surface area contributed by atoms with E-state index in [4.69, 9.17) is 0 Å². The summed E-state index contributed by atoms with van der Waals surface area (Å²) in [5.41, 5.74) is 1.65. The molecule has 0 saturated heterocycles. The molecule has 0 aliphatic heterocycles. The lowest BCUT2D eigenvalue weighted by molar-refractivity contribution is 0.419. The van der Waals surface area contributed by atoms with Crippen molar-refractivity contribution in [3.05, 3.63) is 11.9 Å². The van der Waals surface area contributed by atoms with E-state index < -0.39 is 0 Å². The van der Waals surface area contributed by atoms with Crippen LogP contribution in [0.3, 0.4) is 0 Å². The quantitative estimate of drug-likeness (QED) is 0.770. The molecule has 84 valence electrons. The van der Waals surface area contributed by atoms with Crippen molar-refractivity contribution in [2.45, 2.75) is 39.2 Å². The lowest BCUT2D eigenvalue weighted by Gasteiger charge is -2.13. The minimum atomic E-state index is 0.622. The van der Waals surface area contributed by atoms with Gasteiger partial charge in [0, 0.05) is 26.3 Å². The monoisotopic (exact) mass is 208 g/mol. The van der Waals surface area contributed by atoms with Crippen molar-refractivity contribution in [1.29, 1.82) is 0 Å². The Labute approximate surface area is 91.1 Å². The number of nitrogens with zero attached hydrogens (tertiary/aromatic N) is 3. The first-order valence-electron chi connectivity index (χ1n) is 5.80. The van der Waals surface area contributed by atoms with Gasteiger partial charge in [-0.2, -0.15) is 0 Å². The van der Waals surface area contributed by atoms with E-state index in [9.17, 15) is 0 Å². The molecule has 2 rings (SSSR count). The number of hydrogen-bond acceptors (Lipinski definition) is 3. The molecule has 0 atom stereocenters. The van der Waals surface area contributed by atoms with Crippen molar-refractivity contribution in [3.63, 3.8) is 0 Å². The van der Waals surface area contributed by atoms with Gasteiger partial charge < -0.3 is 5.32 Å². The Morgan fingerprint density at radius 2 is 2.33 bits per heavy atom. The van der Waals surface area contributed by atoms with Crippen LogP contribution in [0, 0.1) is 5.41 Å². The largest absolute Gasteiger partial charge is 0.311 e. The Bertz CT molecular complexity index is 314. The maximum absolute atomic E-state index is 4.05. The van der Waals surface area contributed by atoms with Gasteiger partial charge in [0.15, 0.2) is 0 Å². The number of hydrogen-bond donors (Lipinski definition) is 1. The van der Waals surface area contributed by atoms with Crippen molar-refractivity contribution in [2.75, 3.05) is 6.54 Å². The summed E-state index contributed by atoms with van der Waals surface area (Å²) < 4.78 is 1.75. The van der Waals surface area contributed by atoms with Gasteiger partial charge in [-0.25, -0.2) is 0 Å². The maximum atomic E-state index is 4.05. The molecule has 1 aromatic rings. The van der Waals surface area contributed by atoms with Crippen molar-refractivity contribution in [1.82, 2.24) is 20.3 Å². The van der Waals surface area contributed by atoms with Gasteiger partial charge in [-0.3, -0.25) is 4.68 Å². The van der Waals surface area contributed by atoms with Gasteiger partial charge in [0.05, 0.1) is 5.69 Å². The summed E-state index contributed by atoms with van der Waals surface area (Å²) in [4.78, 5) is 0. The average Bonchev–Trinajstić information content (AvgIpc) is 2.83. The SMILES string of the molecule is CCCC1(CNCc2cn(C)nn2)CC1. The Morgan fingerprint density at radius 3 is 2.87 bits per heavy atom. The molecule has 0 radical (unpaired) electrons. The molecule has 4 heteroatoms. The van der Waals surface area contributed by atoms with Crippen LogP contribution in [0.2, 0.25) is 0 Å². The van der Waals surface area contributed by atoms with Crippen LogP contribution < -0.4 is 5.32 Å². The van der Waals surface area contributed by atoms with Crippen LogP contribution >= 0.6 is 0 Å². The van der Waals surface area contributed by atoms with Crippen LogP contribution in [0.25, 0.3) is 0 Å². The van der Waals surface area contributed by atoms with E-state index in [0.717, 1.165) is 18.8 Å². The predicted octanol–water partition coefficient (Wildman–Crippen LogP) is 1.48. The summed E-state index contributed by atoms with van der Waals surface area (Å²) in [6.07, 6.45) is 7.42. The molecule has 1 N–H and O–H groups in total. The maximum Gasteiger partial charge on any atom is 0.0964 e. The lowest BCUT2D eigenvalue weighted by atomic mass is 10.0. The molecule has 1 fully saturated rings. The lowest BCUT2D eigenvalue weighted by Crippen LogP contribution is -2.23. The highest BCUT2D eigenvalue weighted by Gasteiger charge is 2.40. The highest BCUT2D eigenvalue weighted by atomic mass is 15.4. The Hall–Kier alpha value is -0.900. The zero-order chi connectivity index (χ0) is 10.7. The highest BCUT2D eigenvalue weighted by Crippen LogP contribution is 2.48. The molecule has 0 bridgehead atoms. The summed E-state index contributed by atoms with van der Waals surface area (Å²) >= 11 is 0. The fourth-order valence-electron chi connectivity index (χ4n) is 2.15. The molecule has 1 heterocycles. The Balaban J connectivity index is 1.71. The number of nitrogens with one attached hydrogen (secondary N) is 1. The molecule has 1 aromatic heterocycles. The van der Waals surface area contributed by atoms with Gasteiger partial charge in [-0.15, -0.1) is 5.10 Å². The second kappa shape index (κ2) is 4.31. The summed E-state index contributed by atoms with van der Waals surface area (Å²) in [7, 11) is 1.90. The molecule has 4 nitrogen and oxygen atoms in total. The smallest absolute Gasteiger partial charge is 0.0964 e. The van der Waals surface area contributed by atoms with Crippen molar-refractivity contribution < 1.29 is 0 Å². The van der Waals surface area contributed by atoms with Gasteiger partial charge >= 0.3 is 0 Å². The number of aryl methyl sites for hydroxylation is 1. The zero-order valence-corrected chi connectivity index (χ0v) is 9.66. The third-order valence-electron chi connectivity index (χ3n) is 3.19. The first-order valence-corrected chi connectivity index (χ1v) is 5.80. The molecule has 0 amide bonds. The summed E-state index contributed by atoms with van der Waals surface area (Å²) in [5.74, 6) is 0. The number of aromatic nitrogens is 3. The second-order valence-corrected chi connectivity index (χ2v) is 4.74. The molecule has 0 aromatic carbocycles. The van der Waals surface area contributed by atoms with Crippen LogP contribution in [-0.4, -0.2) is 21.5 Å². The van der Waals surface area contributed by atoms with Crippen molar-refractivity contribution in [2.24, 2.45) is 12.5 Å². The topological polar surface area (TPSA) is 42.7 Å². The van der Waals surface area contributed by atoms with Crippen molar-refractivity contribution >= 4 is 0 Å². The minimum absolute atomic E-state index is 0.622. The summed E-state index contributed by atoms with van der Waals surface area (Å²) in [5, 5.41) is 11.4. The van der Waals surface area contributed by atoms with Crippen LogP contribution in [0.4, 0.5) is 0 Å². The summed E-state index contributed by atoms with van der Waals surface area (Å²) in [6, 6.07) is 0. The predicted molar refractivity (Wildman–Crippen MR) is 59.3 cm³/mol. The van der Waals surface area contributed by atoms with E-state index in [1.165, 1.54) is 25.7 Å². The minimum Gasteiger partial charge on any atom is -0.311 e. The van der Waals surface area contributed by atoms with Crippen LogP contribution in [-0.2, 0) is 13.6 Å². The van der Waals surface area contributed by atoms with Gasteiger partial charge in [0.2, 0.25) is 0 Å². The first kappa shape index (κ1) is 10.6. The van der Waals surface area contributed by atoms with Crippen LogP contribution in [0.15, 0.2) is 6.20 Å². The van der Waals surface area contributed by atoms with Gasteiger partial charge in [-0.1, -0.05) is 18.6 Å². The standard InChI is InChI=1S/C11H20N4/c1-3-4-11(5-6-11)9-12-7-10-8-15(2)14-13-10/h8,12H,3-7,9H2,1-2H3. The molecule has 1 aliphatic carbocycles. The third-order valence-corrected chi connectivity index (χ3v) is 3.19. The van der Waals surface area contributed by atoms with Crippen LogP contribution in [0.5, 0.6) is 0 Å². The third kappa shape index (κ3) is 2.78.